The number of halogens is 1. The van der Waals surface area contributed by atoms with Gasteiger partial charge in [-0.15, -0.1) is 0 Å². The van der Waals surface area contributed by atoms with E-state index in [1.54, 1.807) is 12.1 Å². The number of carbonyl (C=O) groups is 1. The molecule has 0 radical (unpaired) electrons. The van der Waals surface area contributed by atoms with Gasteiger partial charge in [-0.05, 0) is 32.8 Å². The second-order valence-corrected chi connectivity index (χ2v) is 7.08. The molecule has 2 fully saturated rings. The van der Waals surface area contributed by atoms with E-state index >= 15 is 4.39 Å². The molecule has 120 valence electrons. The molecule has 1 saturated carbocycles. The van der Waals surface area contributed by atoms with Crippen molar-refractivity contribution < 1.29 is 23.6 Å². The van der Waals surface area contributed by atoms with Crippen LogP contribution < -0.4 is 5.46 Å². The normalized spacial score (nSPS) is 23.6. The van der Waals surface area contributed by atoms with E-state index in [4.69, 9.17) is 9.31 Å². The van der Waals surface area contributed by atoms with Gasteiger partial charge in [0.2, 0.25) is 0 Å². The lowest BCUT2D eigenvalue weighted by molar-refractivity contribution is -0.129. The first-order valence-electron chi connectivity index (χ1n) is 7.79. The van der Waals surface area contributed by atoms with E-state index in [9.17, 15) is 9.90 Å². The van der Waals surface area contributed by atoms with Crippen LogP contribution in [0.3, 0.4) is 0 Å². The summed E-state index contributed by atoms with van der Waals surface area (Å²) < 4.78 is 26.5. The Morgan fingerprint density at radius 3 is 2.65 bits per heavy atom. The number of benzene rings is 1. The highest BCUT2D eigenvalue weighted by Gasteiger charge is 2.53. The van der Waals surface area contributed by atoms with Gasteiger partial charge in [-0.2, -0.15) is 0 Å². The molecule has 1 spiro atoms. The summed E-state index contributed by atoms with van der Waals surface area (Å²) in [6.07, 6.45) is 2.10. The molecule has 7 heteroatoms. The predicted octanol–water partition coefficient (Wildman–Crippen LogP) is 1.94. The van der Waals surface area contributed by atoms with Gasteiger partial charge in [0.05, 0.1) is 17.9 Å². The van der Waals surface area contributed by atoms with E-state index in [0.717, 1.165) is 6.42 Å². The van der Waals surface area contributed by atoms with Gasteiger partial charge in [-0.25, -0.2) is 14.2 Å². The lowest BCUT2D eigenvalue weighted by atomic mass is 9.61. The Kier molecular flexibility index (Phi) is 3.00. The Balaban J connectivity index is 1.79. The van der Waals surface area contributed by atoms with Crippen molar-refractivity contribution in [3.63, 3.8) is 0 Å². The summed E-state index contributed by atoms with van der Waals surface area (Å²) in [5, 5.41) is 9.42. The quantitative estimate of drug-likeness (QED) is 0.847. The largest absolute Gasteiger partial charge is 0.497 e. The molecule has 0 amide bonds. The van der Waals surface area contributed by atoms with E-state index in [2.05, 4.69) is 4.99 Å². The highest BCUT2D eigenvalue weighted by atomic mass is 19.1. The van der Waals surface area contributed by atoms with Gasteiger partial charge in [-0.1, -0.05) is 12.5 Å². The van der Waals surface area contributed by atoms with Crippen LogP contribution in [0.15, 0.2) is 17.1 Å². The molecule has 1 saturated heterocycles. The minimum atomic E-state index is -1.07. The van der Waals surface area contributed by atoms with Crippen LogP contribution in [0, 0.1) is 5.82 Å². The molecule has 1 aromatic rings. The van der Waals surface area contributed by atoms with Crippen molar-refractivity contribution >= 4 is 29.9 Å². The molecule has 2 aliphatic heterocycles. The number of carboxylic acid groups (broad SMARTS) is 1. The summed E-state index contributed by atoms with van der Waals surface area (Å²) in [5.74, 6) is -1.51. The van der Waals surface area contributed by atoms with Crippen LogP contribution in [0.4, 0.5) is 10.1 Å². The van der Waals surface area contributed by atoms with E-state index in [1.165, 1.54) is 0 Å². The second-order valence-electron chi connectivity index (χ2n) is 7.08. The summed E-state index contributed by atoms with van der Waals surface area (Å²) >= 11 is 0. The van der Waals surface area contributed by atoms with Crippen molar-refractivity contribution in [3.8, 4) is 0 Å². The van der Waals surface area contributed by atoms with Crippen LogP contribution in [0.2, 0.25) is 0 Å². The van der Waals surface area contributed by atoms with Crippen molar-refractivity contribution in [3.05, 3.63) is 23.5 Å². The van der Waals surface area contributed by atoms with E-state index in [1.807, 2.05) is 13.8 Å². The zero-order valence-corrected chi connectivity index (χ0v) is 13.1. The van der Waals surface area contributed by atoms with Gasteiger partial charge in [0.25, 0.3) is 0 Å². The van der Waals surface area contributed by atoms with Gasteiger partial charge in [0, 0.05) is 16.4 Å². The molecular weight excluding hydrogens is 300 g/mol. The van der Waals surface area contributed by atoms with Crippen LogP contribution in [0.1, 0.15) is 38.7 Å². The molecule has 2 heterocycles. The second kappa shape index (κ2) is 4.64. The first-order chi connectivity index (χ1) is 10.8. The summed E-state index contributed by atoms with van der Waals surface area (Å²) in [5.41, 5.74) is -0.0513. The van der Waals surface area contributed by atoms with Gasteiger partial charge in [0.15, 0.2) is 0 Å². The number of fused-ring (bicyclic) bond motifs is 2. The van der Waals surface area contributed by atoms with Gasteiger partial charge < -0.3 is 14.4 Å². The number of nitrogens with zero attached hydrogens (tertiary/aromatic N) is 1. The molecule has 1 N–H and O–H groups in total. The Morgan fingerprint density at radius 1 is 1.39 bits per heavy atom. The van der Waals surface area contributed by atoms with Crippen LogP contribution >= 0.6 is 0 Å². The maximum atomic E-state index is 15.2. The zero-order valence-electron chi connectivity index (χ0n) is 13.1. The molecule has 1 aliphatic carbocycles. The fraction of sp³-hybridized carbons (Fsp3) is 0.500. The number of aliphatic carboxylic acids is 1. The van der Waals surface area contributed by atoms with Crippen LogP contribution in [0.25, 0.3) is 0 Å². The molecule has 23 heavy (non-hydrogen) atoms. The Labute approximate surface area is 133 Å². The van der Waals surface area contributed by atoms with E-state index in [-0.39, 0.29) is 5.71 Å². The lowest BCUT2D eigenvalue weighted by Gasteiger charge is -2.39. The third-order valence-corrected chi connectivity index (χ3v) is 4.99. The van der Waals surface area contributed by atoms with Crippen LogP contribution in [-0.2, 0) is 19.5 Å². The molecule has 0 unspecified atom stereocenters. The number of hydrogen-bond donors (Lipinski definition) is 1. The van der Waals surface area contributed by atoms with Crippen molar-refractivity contribution in [2.75, 3.05) is 6.61 Å². The van der Waals surface area contributed by atoms with Crippen molar-refractivity contribution in [2.45, 2.75) is 44.1 Å². The van der Waals surface area contributed by atoms with E-state index < -0.39 is 29.9 Å². The smallest absolute Gasteiger partial charge is 0.477 e. The first-order valence-corrected chi connectivity index (χ1v) is 7.79. The monoisotopic (exact) mass is 317 g/mol. The maximum Gasteiger partial charge on any atom is 0.497 e. The summed E-state index contributed by atoms with van der Waals surface area (Å²) in [6, 6.07) is 3.25. The average molecular weight is 317 g/mol. The third-order valence-electron chi connectivity index (χ3n) is 4.99. The molecule has 0 aromatic heterocycles. The van der Waals surface area contributed by atoms with Gasteiger partial charge in [-0.3, -0.25) is 0 Å². The number of rotatable bonds is 2. The predicted molar refractivity (Wildman–Crippen MR) is 83.2 cm³/mol. The number of hydrogen-bond acceptors (Lipinski definition) is 4. The first kappa shape index (κ1) is 14.8. The minimum absolute atomic E-state index is 0.0587. The molecule has 1 aromatic carbocycles. The molecular formula is C16H17BFNO4. The number of carboxylic acids is 1. The molecule has 0 atom stereocenters. The van der Waals surface area contributed by atoms with Gasteiger partial charge >= 0.3 is 13.1 Å². The van der Waals surface area contributed by atoms with Crippen LogP contribution in [0.5, 0.6) is 0 Å². The fourth-order valence-corrected chi connectivity index (χ4v) is 3.72. The Bertz CT molecular complexity index is 742. The summed E-state index contributed by atoms with van der Waals surface area (Å²) in [4.78, 5) is 15.7. The highest BCUT2D eigenvalue weighted by molar-refractivity contribution is 6.62. The molecule has 5 nitrogen and oxygen atoms in total. The fourth-order valence-electron chi connectivity index (χ4n) is 3.72. The highest BCUT2D eigenvalue weighted by Crippen LogP contribution is 2.53. The van der Waals surface area contributed by atoms with Crippen molar-refractivity contribution in [2.24, 2.45) is 4.99 Å². The zero-order chi connectivity index (χ0) is 16.4. The topological polar surface area (TPSA) is 68.1 Å². The Morgan fingerprint density at radius 2 is 2.13 bits per heavy atom. The third kappa shape index (κ3) is 1.99. The number of aliphatic imine (C=N–C) groups is 1. The molecule has 3 aliphatic rings. The van der Waals surface area contributed by atoms with Gasteiger partial charge in [0.1, 0.15) is 11.5 Å². The average Bonchev–Trinajstić information content (AvgIpc) is 2.96. The maximum absolute atomic E-state index is 15.2. The molecule has 0 bridgehead atoms. The van der Waals surface area contributed by atoms with Crippen LogP contribution in [-0.4, -0.2) is 36.1 Å². The standard InChI is InChI=1S/C16H17BFNO4/c1-15(2)8-22-17(23-15)9-4-5-10-11(12(9)18)16(6-3-7-16)13(19-10)14(20)21/h4-5H,3,6-8H2,1-2H3,(H,20,21). The summed E-state index contributed by atoms with van der Waals surface area (Å²) in [6.45, 7) is 4.16. The van der Waals surface area contributed by atoms with Crippen molar-refractivity contribution in [1.29, 1.82) is 0 Å². The SMILES string of the molecule is CC1(C)COB(c2ccc3c(c2F)C2(CCC2)C(C(=O)O)=N3)O1. The summed E-state index contributed by atoms with van der Waals surface area (Å²) in [7, 11) is -0.763. The Hall–Kier alpha value is -1.73. The minimum Gasteiger partial charge on any atom is -0.477 e. The van der Waals surface area contributed by atoms with E-state index in [0.29, 0.717) is 36.2 Å². The molecule has 4 rings (SSSR count). The van der Waals surface area contributed by atoms with Crippen molar-refractivity contribution in [1.82, 2.24) is 0 Å². The lowest BCUT2D eigenvalue weighted by Crippen LogP contribution is -2.46.